The molecule has 1 aromatic carbocycles. The summed E-state index contributed by atoms with van der Waals surface area (Å²) in [6, 6.07) is 9.80. The number of aryl methyl sites for hydroxylation is 1. The minimum absolute atomic E-state index is 0.814. The molecule has 94 valence electrons. The Morgan fingerprint density at radius 3 is 2.53 bits per heavy atom. The number of hydrogen-bond acceptors (Lipinski definition) is 2. The van der Waals surface area contributed by atoms with Crippen molar-refractivity contribution in [3.8, 4) is 0 Å². The van der Waals surface area contributed by atoms with Crippen molar-refractivity contribution < 1.29 is 0 Å². The molecule has 0 unspecified atom stereocenters. The molecule has 0 heterocycles. The van der Waals surface area contributed by atoms with Crippen LogP contribution in [-0.4, -0.2) is 18.8 Å². The molecule has 0 bridgehead atoms. The van der Waals surface area contributed by atoms with Gasteiger partial charge in [0, 0.05) is 10.9 Å². The summed E-state index contributed by atoms with van der Waals surface area (Å²) in [4.78, 5) is 1.36. The minimum atomic E-state index is 0.814. The van der Waals surface area contributed by atoms with Gasteiger partial charge in [0.2, 0.25) is 0 Å². The third kappa shape index (κ3) is 4.36. The topological polar surface area (TPSA) is 12.0 Å². The summed E-state index contributed by atoms with van der Waals surface area (Å²) in [5, 5.41) is 3.67. The van der Waals surface area contributed by atoms with Gasteiger partial charge in [0.15, 0.2) is 0 Å². The Bertz CT molecular complexity index is 314. The van der Waals surface area contributed by atoms with Gasteiger partial charge in [-0.25, -0.2) is 0 Å². The Balaban J connectivity index is 1.63. The highest BCUT2D eigenvalue weighted by Crippen LogP contribution is 2.18. The normalized spacial score (nSPS) is 16.5. The molecule has 1 saturated carbocycles. The number of thioether (sulfide) groups is 1. The molecule has 0 saturated heterocycles. The molecule has 1 nitrogen and oxygen atoms in total. The fraction of sp³-hybridized carbons (Fsp3) is 0.600. The molecule has 1 aromatic rings. The number of hydrogen-bond donors (Lipinski definition) is 1. The van der Waals surface area contributed by atoms with Gasteiger partial charge in [-0.05, 0) is 56.2 Å². The van der Waals surface area contributed by atoms with Gasteiger partial charge in [-0.2, -0.15) is 0 Å². The molecule has 1 fully saturated rings. The first kappa shape index (κ1) is 13.0. The molecule has 1 aliphatic rings. The van der Waals surface area contributed by atoms with E-state index in [1.807, 2.05) is 11.8 Å². The van der Waals surface area contributed by atoms with Crippen LogP contribution in [0.3, 0.4) is 0 Å². The van der Waals surface area contributed by atoms with Crippen molar-refractivity contribution in [2.75, 3.05) is 12.8 Å². The third-order valence-electron chi connectivity index (χ3n) is 3.59. The van der Waals surface area contributed by atoms with E-state index in [9.17, 15) is 0 Å². The lowest BCUT2D eigenvalue weighted by atomic mass is 10.1. The van der Waals surface area contributed by atoms with Gasteiger partial charge in [0.25, 0.3) is 0 Å². The van der Waals surface area contributed by atoms with Gasteiger partial charge in [-0.15, -0.1) is 11.8 Å². The van der Waals surface area contributed by atoms with Crippen LogP contribution in [0.1, 0.15) is 37.7 Å². The second kappa shape index (κ2) is 7.07. The van der Waals surface area contributed by atoms with E-state index < -0.39 is 0 Å². The van der Waals surface area contributed by atoms with E-state index in [4.69, 9.17) is 0 Å². The lowest BCUT2D eigenvalue weighted by Gasteiger charge is -2.11. The monoisotopic (exact) mass is 249 g/mol. The molecule has 0 aromatic heterocycles. The molecule has 17 heavy (non-hydrogen) atoms. The molecule has 1 aliphatic carbocycles. The zero-order valence-corrected chi connectivity index (χ0v) is 11.6. The van der Waals surface area contributed by atoms with Gasteiger partial charge in [0.1, 0.15) is 0 Å². The molecular weight excluding hydrogens is 226 g/mol. The van der Waals surface area contributed by atoms with Crippen LogP contribution in [0.5, 0.6) is 0 Å². The van der Waals surface area contributed by atoms with Crippen LogP contribution < -0.4 is 5.32 Å². The highest BCUT2D eigenvalue weighted by atomic mass is 32.2. The fourth-order valence-electron chi connectivity index (χ4n) is 2.52. The predicted octanol–water partition coefficient (Wildman–Crippen LogP) is 3.87. The standard InChI is InChI=1S/C15H23NS/c1-17-15-10-8-13(9-11-15)5-4-12-16-14-6-2-3-7-14/h8-11,14,16H,2-7,12H2,1H3. The van der Waals surface area contributed by atoms with Crippen LogP contribution in [0.4, 0.5) is 0 Å². The summed E-state index contributed by atoms with van der Waals surface area (Å²) in [5.74, 6) is 0. The fourth-order valence-corrected chi connectivity index (χ4v) is 2.93. The Morgan fingerprint density at radius 1 is 1.18 bits per heavy atom. The Labute approximate surface area is 109 Å². The highest BCUT2D eigenvalue weighted by molar-refractivity contribution is 7.98. The van der Waals surface area contributed by atoms with Gasteiger partial charge < -0.3 is 5.32 Å². The second-order valence-corrected chi connectivity index (χ2v) is 5.77. The van der Waals surface area contributed by atoms with E-state index in [2.05, 4.69) is 35.8 Å². The smallest absolute Gasteiger partial charge is 0.00693 e. The molecule has 0 amide bonds. The molecule has 0 spiro atoms. The van der Waals surface area contributed by atoms with Crippen molar-refractivity contribution >= 4 is 11.8 Å². The van der Waals surface area contributed by atoms with Crippen LogP contribution >= 0.6 is 11.8 Å². The zero-order chi connectivity index (χ0) is 11.9. The first-order chi connectivity index (χ1) is 8.38. The van der Waals surface area contributed by atoms with E-state index in [0.29, 0.717) is 0 Å². The maximum atomic E-state index is 3.67. The predicted molar refractivity (Wildman–Crippen MR) is 76.8 cm³/mol. The van der Waals surface area contributed by atoms with E-state index in [0.717, 1.165) is 6.04 Å². The van der Waals surface area contributed by atoms with Crippen LogP contribution in [0.2, 0.25) is 0 Å². The molecule has 2 rings (SSSR count). The van der Waals surface area contributed by atoms with Crippen LogP contribution in [0.15, 0.2) is 29.2 Å². The van der Waals surface area contributed by atoms with Crippen LogP contribution in [0, 0.1) is 0 Å². The molecule has 1 N–H and O–H groups in total. The Morgan fingerprint density at radius 2 is 1.88 bits per heavy atom. The van der Waals surface area contributed by atoms with Crippen molar-refractivity contribution in [1.29, 1.82) is 0 Å². The highest BCUT2D eigenvalue weighted by Gasteiger charge is 2.12. The Hall–Kier alpha value is -0.470. The summed E-state index contributed by atoms with van der Waals surface area (Å²) < 4.78 is 0. The van der Waals surface area contributed by atoms with E-state index >= 15 is 0 Å². The van der Waals surface area contributed by atoms with Gasteiger partial charge in [0.05, 0.1) is 0 Å². The van der Waals surface area contributed by atoms with Crippen molar-refractivity contribution in [3.63, 3.8) is 0 Å². The lowest BCUT2D eigenvalue weighted by molar-refractivity contribution is 0.515. The Kier molecular flexibility index (Phi) is 5.40. The summed E-state index contributed by atoms with van der Waals surface area (Å²) in [7, 11) is 0. The third-order valence-corrected chi connectivity index (χ3v) is 4.33. The van der Waals surface area contributed by atoms with E-state index in [1.165, 1.54) is 55.5 Å². The average Bonchev–Trinajstić information content (AvgIpc) is 2.88. The van der Waals surface area contributed by atoms with Crippen molar-refractivity contribution in [3.05, 3.63) is 29.8 Å². The molecule has 0 atom stereocenters. The number of benzene rings is 1. The van der Waals surface area contributed by atoms with Gasteiger partial charge in [-0.3, -0.25) is 0 Å². The zero-order valence-electron chi connectivity index (χ0n) is 10.7. The van der Waals surface area contributed by atoms with E-state index in [1.54, 1.807) is 0 Å². The largest absolute Gasteiger partial charge is 0.314 e. The summed E-state index contributed by atoms with van der Waals surface area (Å²) >= 11 is 1.81. The second-order valence-electron chi connectivity index (χ2n) is 4.89. The quantitative estimate of drug-likeness (QED) is 0.606. The first-order valence-electron chi connectivity index (χ1n) is 6.75. The minimum Gasteiger partial charge on any atom is -0.314 e. The number of nitrogens with one attached hydrogen (secondary N) is 1. The summed E-state index contributed by atoms with van der Waals surface area (Å²) in [6.07, 6.45) is 10.2. The maximum absolute atomic E-state index is 3.67. The molecular formula is C15H23NS. The SMILES string of the molecule is CSc1ccc(CCCNC2CCCC2)cc1. The summed E-state index contributed by atoms with van der Waals surface area (Å²) in [5.41, 5.74) is 1.47. The van der Waals surface area contributed by atoms with Gasteiger partial charge in [-0.1, -0.05) is 25.0 Å². The van der Waals surface area contributed by atoms with Crippen LogP contribution in [-0.2, 0) is 6.42 Å². The molecule has 2 heteroatoms. The molecule has 0 radical (unpaired) electrons. The average molecular weight is 249 g/mol. The molecule has 0 aliphatic heterocycles. The van der Waals surface area contributed by atoms with Gasteiger partial charge >= 0.3 is 0 Å². The first-order valence-corrected chi connectivity index (χ1v) is 7.97. The lowest BCUT2D eigenvalue weighted by Crippen LogP contribution is -2.27. The van der Waals surface area contributed by atoms with Crippen molar-refractivity contribution in [2.45, 2.75) is 49.5 Å². The van der Waals surface area contributed by atoms with Crippen molar-refractivity contribution in [2.24, 2.45) is 0 Å². The van der Waals surface area contributed by atoms with E-state index in [-0.39, 0.29) is 0 Å². The summed E-state index contributed by atoms with van der Waals surface area (Å²) in [6.45, 7) is 1.18. The maximum Gasteiger partial charge on any atom is 0.00693 e. The van der Waals surface area contributed by atoms with Crippen molar-refractivity contribution in [1.82, 2.24) is 5.32 Å². The number of rotatable bonds is 6. The van der Waals surface area contributed by atoms with Crippen LogP contribution in [0.25, 0.3) is 0 Å².